The van der Waals surface area contributed by atoms with Crippen molar-refractivity contribution in [2.45, 2.75) is 13.8 Å². The standard InChI is InChI=1S/C5H11O5P/c1-3-9-5(6)11(7,8)10-4-2/h3-4H2,1-2H3,(H,7,8)/p-1. The lowest BCUT2D eigenvalue weighted by Crippen LogP contribution is -2.15. The lowest BCUT2D eigenvalue weighted by Gasteiger charge is -2.19. The van der Waals surface area contributed by atoms with Gasteiger partial charge in [-0.2, -0.15) is 0 Å². The molecule has 0 saturated heterocycles. The van der Waals surface area contributed by atoms with Gasteiger partial charge in [-0.15, -0.1) is 0 Å². The van der Waals surface area contributed by atoms with Gasteiger partial charge in [0.25, 0.3) is 0 Å². The van der Waals surface area contributed by atoms with Gasteiger partial charge in [-0.05, 0) is 13.8 Å². The van der Waals surface area contributed by atoms with E-state index in [0.29, 0.717) is 0 Å². The minimum Gasteiger partial charge on any atom is -0.770 e. The first kappa shape index (κ1) is 10.6. The van der Waals surface area contributed by atoms with E-state index < -0.39 is 13.3 Å². The van der Waals surface area contributed by atoms with Crippen molar-refractivity contribution in [3.8, 4) is 0 Å². The first-order valence-electron chi connectivity index (χ1n) is 3.17. The molecular weight excluding hydrogens is 171 g/mol. The average Bonchev–Trinajstić information content (AvgIpc) is 1.88. The molecule has 0 aliphatic rings. The van der Waals surface area contributed by atoms with E-state index in [4.69, 9.17) is 0 Å². The van der Waals surface area contributed by atoms with Crippen LogP contribution in [0.4, 0.5) is 4.79 Å². The number of hydrogen-bond acceptors (Lipinski definition) is 5. The number of carbonyl (C=O) groups is 1. The molecule has 1 unspecified atom stereocenters. The summed E-state index contributed by atoms with van der Waals surface area (Å²) in [6, 6.07) is 0. The second kappa shape index (κ2) is 4.49. The van der Waals surface area contributed by atoms with E-state index in [1.807, 2.05) is 0 Å². The van der Waals surface area contributed by atoms with Crippen LogP contribution in [-0.2, 0) is 13.8 Å². The minimum atomic E-state index is -4.41. The molecule has 5 nitrogen and oxygen atoms in total. The Bertz CT molecular complexity index is 178. The summed E-state index contributed by atoms with van der Waals surface area (Å²) in [5.74, 6) is 0. The van der Waals surface area contributed by atoms with Crippen molar-refractivity contribution in [2.24, 2.45) is 0 Å². The summed E-state index contributed by atoms with van der Waals surface area (Å²) < 4.78 is 19.0. The third-order valence-electron chi connectivity index (χ3n) is 0.790. The number of hydrogen-bond donors (Lipinski definition) is 0. The summed E-state index contributed by atoms with van der Waals surface area (Å²) in [5.41, 5.74) is -1.30. The Morgan fingerprint density at radius 1 is 1.45 bits per heavy atom. The zero-order valence-corrected chi connectivity index (χ0v) is 7.30. The Kier molecular flexibility index (Phi) is 4.33. The Morgan fingerprint density at radius 2 is 2.00 bits per heavy atom. The smallest absolute Gasteiger partial charge is 0.377 e. The van der Waals surface area contributed by atoms with E-state index in [1.54, 1.807) is 0 Å². The molecule has 66 valence electrons. The van der Waals surface area contributed by atoms with E-state index >= 15 is 0 Å². The van der Waals surface area contributed by atoms with E-state index in [1.165, 1.54) is 13.8 Å². The summed E-state index contributed by atoms with van der Waals surface area (Å²) in [4.78, 5) is 21.2. The van der Waals surface area contributed by atoms with Gasteiger partial charge >= 0.3 is 5.71 Å². The van der Waals surface area contributed by atoms with E-state index in [2.05, 4.69) is 9.26 Å². The highest BCUT2D eigenvalue weighted by atomic mass is 31.2. The molecule has 0 aliphatic carbocycles. The highest BCUT2D eigenvalue weighted by Crippen LogP contribution is 2.38. The second-order valence-corrected chi connectivity index (χ2v) is 3.23. The van der Waals surface area contributed by atoms with Gasteiger partial charge < -0.3 is 14.2 Å². The minimum absolute atomic E-state index is 0.0259. The van der Waals surface area contributed by atoms with E-state index in [0.717, 1.165) is 0 Å². The maximum atomic E-state index is 10.7. The normalized spacial score (nSPS) is 15.5. The third-order valence-corrected chi connectivity index (χ3v) is 1.96. The molecule has 0 saturated carbocycles. The van der Waals surface area contributed by atoms with Crippen molar-refractivity contribution in [1.82, 2.24) is 0 Å². The van der Waals surface area contributed by atoms with Crippen LogP contribution in [0.2, 0.25) is 0 Å². The van der Waals surface area contributed by atoms with E-state index in [9.17, 15) is 14.3 Å². The molecule has 0 rings (SSSR count). The fourth-order valence-electron chi connectivity index (χ4n) is 0.425. The van der Waals surface area contributed by atoms with Crippen LogP contribution >= 0.6 is 7.60 Å². The Hall–Kier alpha value is -0.380. The number of ether oxygens (including phenoxy) is 1. The molecule has 11 heavy (non-hydrogen) atoms. The third kappa shape index (κ3) is 3.51. The summed E-state index contributed by atoms with van der Waals surface area (Å²) in [7, 11) is -4.41. The van der Waals surface area contributed by atoms with Crippen LogP contribution in [0.25, 0.3) is 0 Å². The van der Waals surface area contributed by atoms with Crippen LogP contribution in [-0.4, -0.2) is 18.9 Å². The van der Waals surface area contributed by atoms with Crippen molar-refractivity contribution >= 4 is 13.3 Å². The molecule has 0 spiro atoms. The molecule has 0 aromatic rings. The first-order valence-corrected chi connectivity index (χ1v) is 4.71. The van der Waals surface area contributed by atoms with Crippen LogP contribution in [0, 0.1) is 0 Å². The molecule has 0 N–H and O–H groups in total. The average molecular weight is 181 g/mol. The molecule has 0 aliphatic heterocycles. The Labute approximate surface area is 64.8 Å². The Morgan fingerprint density at radius 3 is 2.36 bits per heavy atom. The Balaban J connectivity index is 4.07. The number of carbonyl (C=O) groups excluding carboxylic acids is 1. The summed E-state index contributed by atoms with van der Waals surface area (Å²) in [6.07, 6.45) is 0. The second-order valence-electron chi connectivity index (χ2n) is 1.61. The molecule has 6 heteroatoms. The summed E-state index contributed by atoms with van der Waals surface area (Å²) >= 11 is 0. The topological polar surface area (TPSA) is 75.7 Å². The molecule has 0 aromatic carbocycles. The van der Waals surface area contributed by atoms with Gasteiger partial charge in [-0.3, -0.25) is 4.57 Å². The molecule has 0 radical (unpaired) electrons. The molecular formula is C5H10O5P-. The molecule has 0 amide bonds. The monoisotopic (exact) mass is 181 g/mol. The van der Waals surface area contributed by atoms with E-state index in [-0.39, 0.29) is 13.2 Å². The van der Waals surface area contributed by atoms with Crippen LogP contribution in [0.15, 0.2) is 0 Å². The van der Waals surface area contributed by atoms with Crippen LogP contribution in [0.1, 0.15) is 13.8 Å². The zero-order valence-electron chi connectivity index (χ0n) is 6.40. The maximum Gasteiger partial charge on any atom is 0.377 e. The van der Waals surface area contributed by atoms with Crippen molar-refractivity contribution in [2.75, 3.05) is 13.2 Å². The van der Waals surface area contributed by atoms with Gasteiger partial charge in [0.2, 0.25) is 7.60 Å². The largest absolute Gasteiger partial charge is 0.770 e. The summed E-state index contributed by atoms with van der Waals surface area (Å²) in [6.45, 7) is 2.96. The van der Waals surface area contributed by atoms with Crippen molar-refractivity contribution in [3.05, 3.63) is 0 Å². The van der Waals surface area contributed by atoms with Crippen molar-refractivity contribution < 1.29 is 23.5 Å². The quantitative estimate of drug-likeness (QED) is 0.597. The molecule has 0 heterocycles. The predicted octanol–water partition coefficient (Wildman–Crippen LogP) is 0.733. The van der Waals surface area contributed by atoms with Crippen molar-refractivity contribution in [1.29, 1.82) is 0 Å². The van der Waals surface area contributed by atoms with Gasteiger partial charge in [0.05, 0.1) is 13.2 Å². The molecule has 0 bridgehead atoms. The zero-order chi connectivity index (χ0) is 8.91. The highest BCUT2D eigenvalue weighted by molar-refractivity contribution is 7.69. The fraction of sp³-hybridized carbons (Fsp3) is 0.800. The van der Waals surface area contributed by atoms with Crippen molar-refractivity contribution in [3.63, 3.8) is 0 Å². The highest BCUT2D eigenvalue weighted by Gasteiger charge is 2.20. The maximum absolute atomic E-state index is 10.7. The summed E-state index contributed by atoms with van der Waals surface area (Å²) in [5, 5.41) is 0. The van der Waals surface area contributed by atoms with Gasteiger partial charge in [0, 0.05) is 0 Å². The van der Waals surface area contributed by atoms with Gasteiger partial charge in [0.15, 0.2) is 0 Å². The SMILES string of the molecule is CCOC(=O)P(=O)([O-])OCC. The van der Waals surface area contributed by atoms with Crippen LogP contribution in [0.5, 0.6) is 0 Å². The molecule has 0 aromatic heterocycles. The van der Waals surface area contributed by atoms with Gasteiger partial charge in [-0.25, -0.2) is 4.79 Å². The lowest BCUT2D eigenvalue weighted by atomic mass is 10.9. The first-order chi connectivity index (χ1) is 5.04. The fourth-order valence-corrected chi connectivity index (χ4v) is 1.16. The lowest BCUT2D eigenvalue weighted by molar-refractivity contribution is -0.195. The van der Waals surface area contributed by atoms with Gasteiger partial charge in [-0.1, -0.05) is 0 Å². The molecule has 1 atom stereocenters. The predicted molar refractivity (Wildman–Crippen MR) is 36.3 cm³/mol. The van der Waals surface area contributed by atoms with Gasteiger partial charge in [0.1, 0.15) is 0 Å². The van der Waals surface area contributed by atoms with Crippen LogP contribution < -0.4 is 4.89 Å². The molecule has 0 fully saturated rings. The number of rotatable bonds is 4. The van der Waals surface area contributed by atoms with Crippen LogP contribution in [0.3, 0.4) is 0 Å².